The Kier molecular flexibility index (Phi) is 2.23. The molecule has 2 rings (SSSR count). The molecule has 0 aliphatic heterocycles. The smallest absolute Gasteiger partial charge is 0.0427 e. The molecule has 0 radical (unpaired) electrons. The normalized spacial score (nSPS) is 9.54. The van der Waals surface area contributed by atoms with Gasteiger partial charge in [-0.3, -0.25) is 4.98 Å². The Labute approximate surface area is 76.6 Å². The minimum absolute atomic E-state index is 1.17. The summed E-state index contributed by atoms with van der Waals surface area (Å²) in [6.45, 7) is 0. The fourth-order valence-corrected chi connectivity index (χ4v) is 1.19. The van der Waals surface area contributed by atoms with E-state index in [1.165, 1.54) is 10.8 Å². The van der Waals surface area contributed by atoms with Crippen molar-refractivity contribution in [3.05, 3.63) is 55.1 Å². The molecule has 2 heteroatoms. The molecule has 0 fully saturated rings. The number of aromatic amines is 1. The van der Waals surface area contributed by atoms with Crippen molar-refractivity contribution in [1.82, 2.24) is 9.97 Å². The van der Waals surface area contributed by atoms with E-state index in [1.54, 1.807) is 18.6 Å². The lowest BCUT2D eigenvalue weighted by molar-refractivity contribution is 1.29. The number of hydrogen-bond donors (Lipinski definition) is 1. The fraction of sp³-hybridized carbons (Fsp3) is 0. The number of nitrogens with one attached hydrogen (secondary N) is 1. The number of rotatable bonds is 0. The molecule has 0 aliphatic carbocycles. The van der Waals surface area contributed by atoms with Gasteiger partial charge in [0.25, 0.3) is 0 Å². The molecule has 13 heavy (non-hydrogen) atoms. The first kappa shape index (κ1) is 7.80. The Morgan fingerprint density at radius 1 is 0.923 bits per heavy atom. The van der Waals surface area contributed by atoms with Crippen molar-refractivity contribution in [3.8, 4) is 0 Å². The maximum absolute atomic E-state index is 4.05. The summed E-state index contributed by atoms with van der Waals surface area (Å²) < 4.78 is 0. The summed E-state index contributed by atoms with van der Waals surface area (Å²) in [5, 5.41) is 2.34. The molecule has 0 saturated carbocycles. The summed E-state index contributed by atoms with van der Waals surface area (Å²) in [6, 6.07) is 10.1. The third-order valence-corrected chi connectivity index (χ3v) is 1.83. The van der Waals surface area contributed by atoms with E-state index in [-0.39, 0.29) is 0 Å². The van der Waals surface area contributed by atoms with Gasteiger partial charge in [0.15, 0.2) is 0 Å². The van der Waals surface area contributed by atoms with Crippen molar-refractivity contribution >= 4 is 10.8 Å². The van der Waals surface area contributed by atoms with Crippen LogP contribution in [0.3, 0.4) is 0 Å². The van der Waals surface area contributed by atoms with E-state index in [0.717, 1.165) is 0 Å². The zero-order valence-corrected chi connectivity index (χ0v) is 7.14. The van der Waals surface area contributed by atoms with Gasteiger partial charge in [-0.25, -0.2) is 0 Å². The highest BCUT2D eigenvalue weighted by atomic mass is 14.7. The van der Waals surface area contributed by atoms with Gasteiger partial charge in [-0.2, -0.15) is 0 Å². The van der Waals surface area contributed by atoms with Crippen LogP contribution in [-0.4, -0.2) is 9.97 Å². The first-order chi connectivity index (χ1) is 6.47. The first-order valence-electron chi connectivity index (χ1n) is 4.17. The van der Waals surface area contributed by atoms with Gasteiger partial charge in [0.1, 0.15) is 0 Å². The van der Waals surface area contributed by atoms with Crippen LogP contribution in [0.5, 0.6) is 0 Å². The van der Waals surface area contributed by atoms with Crippen LogP contribution >= 0.6 is 0 Å². The maximum atomic E-state index is 4.05. The van der Waals surface area contributed by atoms with Gasteiger partial charge in [0.05, 0.1) is 0 Å². The fourth-order valence-electron chi connectivity index (χ4n) is 1.19. The quantitative estimate of drug-likeness (QED) is 0.647. The summed E-state index contributed by atoms with van der Waals surface area (Å²) in [5.74, 6) is 0. The van der Waals surface area contributed by atoms with E-state index in [2.05, 4.69) is 22.1 Å². The van der Waals surface area contributed by atoms with Crippen LogP contribution in [-0.2, 0) is 0 Å². The van der Waals surface area contributed by atoms with Gasteiger partial charge in [-0.05, 0) is 16.8 Å². The molecule has 1 heterocycles. The highest BCUT2D eigenvalue weighted by molar-refractivity contribution is 5.80. The molecule has 2 aromatic rings. The van der Waals surface area contributed by atoms with Crippen molar-refractivity contribution in [2.24, 2.45) is 0 Å². The second-order valence-corrected chi connectivity index (χ2v) is 2.72. The number of benzene rings is 1. The number of nitrogens with zero attached hydrogens (tertiary/aromatic N) is 1. The van der Waals surface area contributed by atoms with Gasteiger partial charge in [-0.15, -0.1) is 0 Å². The summed E-state index contributed by atoms with van der Waals surface area (Å²) in [6.07, 6.45) is 7.26. The van der Waals surface area contributed by atoms with E-state index in [1.807, 2.05) is 24.4 Å². The van der Waals surface area contributed by atoms with Crippen molar-refractivity contribution in [2.75, 3.05) is 0 Å². The molecule has 0 unspecified atom stereocenters. The average molecular weight is 170 g/mol. The Morgan fingerprint density at radius 3 is 2.69 bits per heavy atom. The van der Waals surface area contributed by atoms with Crippen molar-refractivity contribution in [3.63, 3.8) is 0 Å². The molecule has 0 aliphatic rings. The molecule has 1 aromatic heterocycles. The molecular formula is C11H10N2. The van der Waals surface area contributed by atoms with E-state index in [4.69, 9.17) is 0 Å². The monoisotopic (exact) mass is 170 g/mol. The van der Waals surface area contributed by atoms with E-state index >= 15 is 0 Å². The Hall–Kier alpha value is -1.83. The molecule has 1 N–H and O–H groups in total. The molecule has 2 nitrogen and oxygen atoms in total. The predicted molar refractivity (Wildman–Crippen MR) is 53.7 cm³/mol. The van der Waals surface area contributed by atoms with Crippen LogP contribution in [0, 0.1) is 0 Å². The van der Waals surface area contributed by atoms with Crippen LogP contribution in [0.1, 0.15) is 0 Å². The summed E-state index contributed by atoms with van der Waals surface area (Å²) in [7, 11) is 0. The van der Waals surface area contributed by atoms with Crippen LogP contribution in [0.2, 0.25) is 0 Å². The molecular weight excluding hydrogens is 160 g/mol. The number of aromatic nitrogens is 2. The lowest BCUT2D eigenvalue weighted by atomic mass is 10.2. The predicted octanol–water partition coefficient (Wildman–Crippen LogP) is 2.69. The average Bonchev–Trinajstić information content (AvgIpc) is 2.28. The third-order valence-electron chi connectivity index (χ3n) is 1.83. The number of H-pyrrole nitrogens is 1. The molecule has 64 valence electrons. The highest BCUT2D eigenvalue weighted by Gasteiger charge is 1.83. The van der Waals surface area contributed by atoms with E-state index < -0.39 is 0 Å². The van der Waals surface area contributed by atoms with Gasteiger partial charge in [0, 0.05) is 24.8 Å². The largest absolute Gasteiger partial charge is 0.366 e. The second-order valence-electron chi connectivity index (χ2n) is 2.72. The van der Waals surface area contributed by atoms with Crippen LogP contribution < -0.4 is 0 Å². The SMILES string of the molecule is c1ccc2c[nH]ccnccc2c1. The number of hydrogen-bond acceptors (Lipinski definition) is 1. The number of fused-ring (bicyclic) bond motifs is 1. The van der Waals surface area contributed by atoms with Crippen LogP contribution in [0.25, 0.3) is 10.8 Å². The molecule has 1 aromatic carbocycles. The summed E-state index contributed by atoms with van der Waals surface area (Å²) in [4.78, 5) is 7.09. The lowest BCUT2D eigenvalue weighted by Gasteiger charge is -1.88. The molecule has 0 atom stereocenters. The molecule has 0 bridgehead atoms. The first-order valence-corrected chi connectivity index (χ1v) is 4.17. The zero-order valence-electron chi connectivity index (χ0n) is 7.14. The van der Waals surface area contributed by atoms with Crippen molar-refractivity contribution < 1.29 is 0 Å². The van der Waals surface area contributed by atoms with E-state index in [9.17, 15) is 0 Å². The lowest BCUT2D eigenvalue weighted by Crippen LogP contribution is -1.66. The minimum Gasteiger partial charge on any atom is -0.366 e. The van der Waals surface area contributed by atoms with Gasteiger partial charge >= 0.3 is 0 Å². The highest BCUT2D eigenvalue weighted by Crippen LogP contribution is 2.07. The summed E-state index contributed by atoms with van der Waals surface area (Å²) >= 11 is 0. The topological polar surface area (TPSA) is 28.7 Å². The molecule has 0 saturated heterocycles. The summed E-state index contributed by atoms with van der Waals surface area (Å²) in [5.41, 5.74) is 0. The van der Waals surface area contributed by atoms with Crippen LogP contribution in [0.4, 0.5) is 0 Å². The van der Waals surface area contributed by atoms with Gasteiger partial charge in [-0.1, -0.05) is 24.3 Å². The van der Waals surface area contributed by atoms with E-state index in [0.29, 0.717) is 0 Å². The standard InChI is InChI=1S/C11H10N2/c1-2-4-11-9-13-8-7-12-6-5-10(11)3-1/h1-9,13H. The Bertz CT molecular complexity index is 404. The van der Waals surface area contributed by atoms with Crippen LogP contribution in [0.15, 0.2) is 55.1 Å². The minimum atomic E-state index is 1.17. The second kappa shape index (κ2) is 3.72. The Morgan fingerprint density at radius 2 is 1.77 bits per heavy atom. The van der Waals surface area contributed by atoms with Crippen molar-refractivity contribution in [2.45, 2.75) is 0 Å². The van der Waals surface area contributed by atoms with Gasteiger partial charge < -0.3 is 4.98 Å². The zero-order chi connectivity index (χ0) is 8.93. The van der Waals surface area contributed by atoms with Crippen molar-refractivity contribution in [1.29, 1.82) is 0 Å². The maximum Gasteiger partial charge on any atom is 0.0427 e. The van der Waals surface area contributed by atoms with Gasteiger partial charge in [0.2, 0.25) is 0 Å². The Balaban J connectivity index is 2.82. The molecule has 0 spiro atoms. The third kappa shape index (κ3) is 1.85. The molecule has 0 amide bonds.